The Morgan fingerprint density at radius 2 is 2.00 bits per heavy atom. The lowest BCUT2D eigenvalue weighted by Gasteiger charge is -2.06. The SMILES string of the molecule is CCC(=O)Nc1c(-c2ccccc2)nc2cc(C)ccn12. The van der Waals surface area contributed by atoms with Crippen LogP contribution in [0.25, 0.3) is 16.9 Å². The van der Waals surface area contributed by atoms with Crippen molar-refractivity contribution in [2.24, 2.45) is 0 Å². The first-order valence-corrected chi connectivity index (χ1v) is 7.03. The number of anilines is 1. The molecule has 2 heterocycles. The third kappa shape index (κ3) is 2.52. The molecule has 0 atom stereocenters. The van der Waals surface area contributed by atoms with Gasteiger partial charge in [-0.3, -0.25) is 9.20 Å². The van der Waals surface area contributed by atoms with Gasteiger partial charge >= 0.3 is 0 Å². The Kier molecular flexibility index (Phi) is 3.44. The summed E-state index contributed by atoms with van der Waals surface area (Å²) in [6.07, 6.45) is 2.38. The van der Waals surface area contributed by atoms with Crippen molar-refractivity contribution in [3.63, 3.8) is 0 Å². The zero-order valence-electron chi connectivity index (χ0n) is 12.1. The van der Waals surface area contributed by atoms with Crippen LogP contribution in [0.2, 0.25) is 0 Å². The second-order valence-corrected chi connectivity index (χ2v) is 5.01. The Balaban J connectivity index is 2.22. The number of amides is 1. The molecular weight excluding hydrogens is 262 g/mol. The number of carbonyl (C=O) groups is 1. The summed E-state index contributed by atoms with van der Waals surface area (Å²) >= 11 is 0. The number of fused-ring (bicyclic) bond motifs is 1. The molecule has 0 aliphatic carbocycles. The maximum absolute atomic E-state index is 11.8. The minimum Gasteiger partial charge on any atom is -0.310 e. The fourth-order valence-corrected chi connectivity index (χ4v) is 2.28. The largest absolute Gasteiger partial charge is 0.310 e. The number of nitrogens with zero attached hydrogens (tertiary/aromatic N) is 2. The van der Waals surface area contributed by atoms with E-state index in [-0.39, 0.29) is 5.91 Å². The molecule has 1 aromatic carbocycles. The molecule has 0 aliphatic rings. The number of aryl methyl sites for hydroxylation is 1. The summed E-state index contributed by atoms with van der Waals surface area (Å²) in [6.45, 7) is 3.87. The third-order valence-electron chi connectivity index (χ3n) is 3.41. The Hall–Kier alpha value is -2.62. The Labute approximate surface area is 123 Å². The lowest BCUT2D eigenvalue weighted by atomic mass is 10.1. The molecule has 0 bridgehead atoms. The quantitative estimate of drug-likeness (QED) is 0.795. The smallest absolute Gasteiger partial charge is 0.225 e. The van der Waals surface area contributed by atoms with Gasteiger partial charge in [-0.25, -0.2) is 4.98 Å². The van der Waals surface area contributed by atoms with Crippen molar-refractivity contribution in [1.82, 2.24) is 9.38 Å². The molecule has 106 valence electrons. The first-order valence-electron chi connectivity index (χ1n) is 7.03. The molecule has 0 saturated carbocycles. The summed E-state index contributed by atoms with van der Waals surface area (Å²) < 4.78 is 1.92. The maximum Gasteiger partial charge on any atom is 0.225 e. The second kappa shape index (κ2) is 5.40. The Morgan fingerprint density at radius 1 is 1.24 bits per heavy atom. The molecule has 3 rings (SSSR count). The van der Waals surface area contributed by atoms with E-state index in [2.05, 4.69) is 10.3 Å². The monoisotopic (exact) mass is 279 g/mol. The lowest BCUT2D eigenvalue weighted by molar-refractivity contribution is -0.115. The van der Waals surface area contributed by atoms with Crippen molar-refractivity contribution in [2.45, 2.75) is 20.3 Å². The Morgan fingerprint density at radius 3 is 2.71 bits per heavy atom. The molecule has 0 spiro atoms. The van der Waals surface area contributed by atoms with Gasteiger partial charge in [0.15, 0.2) is 0 Å². The summed E-state index contributed by atoms with van der Waals surface area (Å²) in [5, 5.41) is 2.96. The van der Waals surface area contributed by atoms with Crippen LogP contribution in [-0.4, -0.2) is 15.3 Å². The van der Waals surface area contributed by atoms with E-state index in [9.17, 15) is 4.79 Å². The van der Waals surface area contributed by atoms with Gasteiger partial charge in [-0.2, -0.15) is 0 Å². The number of benzene rings is 1. The van der Waals surface area contributed by atoms with Crippen LogP contribution in [0.3, 0.4) is 0 Å². The van der Waals surface area contributed by atoms with E-state index in [1.165, 1.54) is 0 Å². The molecule has 0 saturated heterocycles. The highest BCUT2D eigenvalue weighted by molar-refractivity contribution is 5.94. The van der Waals surface area contributed by atoms with E-state index in [0.717, 1.165) is 28.3 Å². The van der Waals surface area contributed by atoms with E-state index >= 15 is 0 Å². The lowest BCUT2D eigenvalue weighted by Crippen LogP contribution is -2.12. The van der Waals surface area contributed by atoms with Crippen LogP contribution in [0.5, 0.6) is 0 Å². The fraction of sp³-hybridized carbons (Fsp3) is 0.176. The third-order valence-corrected chi connectivity index (χ3v) is 3.41. The van der Waals surface area contributed by atoms with Gasteiger partial charge in [0, 0.05) is 18.2 Å². The highest BCUT2D eigenvalue weighted by Crippen LogP contribution is 2.29. The Bertz CT molecular complexity index is 790. The predicted octanol–water partition coefficient (Wildman–Crippen LogP) is 3.66. The molecule has 3 aromatic rings. The standard InChI is InChI=1S/C17H17N3O/c1-3-15(21)19-17-16(13-7-5-4-6-8-13)18-14-11-12(2)9-10-20(14)17/h4-11H,3H2,1-2H3,(H,19,21). The molecule has 0 unspecified atom stereocenters. The summed E-state index contributed by atoms with van der Waals surface area (Å²) in [4.78, 5) is 16.5. The van der Waals surface area contributed by atoms with Gasteiger partial charge in [-0.15, -0.1) is 0 Å². The normalized spacial score (nSPS) is 10.8. The van der Waals surface area contributed by atoms with Crippen LogP contribution in [0.15, 0.2) is 48.7 Å². The minimum absolute atomic E-state index is 0.0189. The summed E-state index contributed by atoms with van der Waals surface area (Å²) in [7, 11) is 0. The van der Waals surface area contributed by atoms with E-state index in [4.69, 9.17) is 0 Å². The summed E-state index contributed by atoms with van der Waals surface area (Å²) in [5.41, 5.74) is 3.76. The van der Waals surface area contributed by atoms with Gasteiger partial charge in [0.05, 0.1) is 0 Å². The molecule has 0 aliphatic heterocycles. The number of hydrogen-bond acceptors (Lipinski definition) is 2. The van der Waals surface area contributed by atoms with Crippen LogP contribution in [0, 0.1) is 6.92 Å². The molecule has 0 radical (unpaired) electrons. The van der Waals surface area contributed by atoms with Gasteiger partial charge in [-0.1, -0.05) is 37.3 Å². The first-order chi connectivity index (χ1) is 10.2. The van der Waals surface area contributed by atoms with Gasteiger partial charge in [0.25, 0.3) is 0 Å². The molecule has 21 heavy (non-hydrogen) atoms. The maximum atomic E-state index is 11.8. The zero-order valence-corrected chi connectivity index (χ0v) is 12.1. The average molecular weight is 279 g/mol. The topological polar surface area (TPSA) is 46.4 Å². The highest BCUT2D eigenvalue weighted by Gasteiger charge is 2.15. The number of rotatable bonds is 3. The van der Waals surface area contributed by atoms with Crippen molar-refractivity contribution < 1.29 is 4.79 Å². The second-order valence-electron chi connectivity index (χ2n) is 5.01. The van der Waals surface area contributed by atoms with Gasteiger partial charge in [0.1, 0.15) is 17.2 Å². The molecule has 1 N–H and O–H groups in total. The van der Waals surface area contributed by atoms with Crippen molar-refractivity contribution in [3.8, 4) is 11.3 Å². The van der Waals surface area contributed by atoms with Gasteiger partial charge < -0.3 is 5.32 Å². The number of pyridine rings is 1. The molecule has 2 aromatic heterocycles. The van der Waals surface area contributed by atoms with Crippen LogP contribution in [-0.2, 0) is 4.79 Å². The number of aromatic nitrogens is 2. The molecular formula is C17H17N3O. The molecule has 1 amide bonds. The number of imidazole rings is 1. The van der Waals surface area contributed by atoms with E-state index in [0.29, 0.717) is 6.42 Å². The average Bonchev–Trinajstić information content (AvgIpc) is 2.85. The van der Waals surface area contributed by atoms with Gasteiger partial charge in [-0.05, 0) is 24.6 Å². The fourth-order valence-electron chi connectivity index (χ4n) is 2.28. The van der Waals surface area contributed by atoms with E-state index in [1.807, 2.05) is 66.9 Å². The van der Waals surface area contributed by atoms with E-state index < -0.39 is 0 Å². The van der Waals surface area contributed by atoms with Crippen molar-refractivity contribution >= 4 is 17.4 Å². The van der Waals surface area contributed by atoms with Crippen molar-refractivity contribution in [1.29, 1.82) is 0 Å². The minimum atomic E-state index is -0.0189. The van der Waals surface area contributed by atoms with Crippen molar-refractivity contribution in [2.75, 3.05) is 5.32 Å². The van der Waals surface area contributed by atoms with E-state index in [1.54, 1.807) is 0 Å². The van der Waals surface area contributed by atoms with Crippen molar-refractivity contribution in [3.05, 3.63) is 54.2 Å². The predicted molar refractivity (Wildman–Crippen MR) is 84.3 cm³/mol. The molecule has 4 heteroatoms. The van der Waals surface area contributed by atoms with Crippen LogP contribution in [0.4, 0.5) is 5.82 Å². The summed E-state index contributed by atoms with van der Waals surface area (Å²) in [5.74, 6) is 0.706. The summed E-state index contributed by atoms with van der Waals surface area (Å²) in [6, 6.07) is 13.9. The van der Waals surface area contributed by atoms with Crippen LogP contribution >= 0.6 is 0 Å². The van der Waals surface area contributed by atoms with Crippen LogP contribution < -0.4 is 5.32 Å². The van der Waals surface area contributed by atoms with Crippen LogP contribution in [0.1, 0.15) is 18.9 Å². The molecule has 4 nitrogen and oxygen atoms in total. The number of carbonyl (C=O) groups excluding carboxylic acids is 1. The number of hydrogen-bond donors (Lipinski definition) is 1. The van der Waals surface area contributed by atoms with Gasteiger partial charge in [0.2, 0.25) is 5.91 Å². The molecule has 0 fully saturated rings. The zero-order chi connectivity index (χ0) is 14.8. The number of nitrogens with one attached hydrogen (secondary N) is 1. The first kappa shape index (κ1) is 13.4. The highest BCUT2D eigenvalue weighted by atomic mass is 16.1.